The summed E-state index contributed by atoms with van der Waals surface area (Å²) in [5.41, 5.74) is -0.875. The van der Waals surface area contributed by atoms with Gasteiger partial charge in [-0.05, 0) is 31.0 Å². The summed E-state index contributed by atoms with van der Waals surface area (Å²) in [6, 6.07) is 5.36. The van der Waals surface area contributed by atoms with E-state index in [-0.39, 0.29) is 17.7 Å². The zero-order valence-electron chi connectivity index (χ0n) is 11.4. The number of carbonyl (C=O) groups excluding carboxylic acids is 1. The van der Waals surface area contributed by atoms with Crippen molar-refractivity contribution in [1.29, 1.82) is 5.26 Å². The number of halogens is 1. The van der Waals surface area contributed by atoms with E-state index in [1.807, 2.05) is 0 Å². The van der Waals surface area contributed by atoms with Crippen LogP contribution in [0, 0.1) is 22.6 Å². The lowest BCUT2D eigenvalue weighted by Crippen LogP contribution is -2.32. The van der Waals surface area contributed by atoms with E-state index in [2.05, 4.69) is 5.32 Å². The lowest BCUT2D eigenvalue weighted by Gasteiger charge is -2.22. The van der Waals surface area contributed by atoms with Gasteiger partial charge in [0.2, 0.25) is 5.91 Å². The van der Waals surface area contributed by atoms with Crippen molar-refractivity contribution < 1.29 is 19.1 Å². The Morgan fingerprint density at radius 3 is 2.62 bits per heavy atom. The molecule has 0 atom stereocenters. The summed E-state index contributed by atoms with van der Waals surface area (Å²) >= 11 is 0. The summed E-state index contributed by atoms with van der Waals surface area (Å²) in [7, 11) is 0. The Hall–Kier alpha value is -2.42. The predicted molar refractivity (Wildman–Crippen MR) is 72.9 cm³/mol. The number of carboxylic acid groups (broad SMARTS) is 1. The second kappa shape index (κ2) is 5.92. The summed E-state index contributed by atoms with van der Waals surface area (Å²) in [5.74, 6) is -2.05. The first-order chi connectivity index (χ1) is 9.97. The Morgan fingerprint density at radius 2 is 2.05 bits per heavy atom. The van der Waals surface area contributed by atoms with Gasteiger partial charge in [-0.1, -0.05) is 12.8 Å². The van der Waals surface area contributed by atoms with Crippen molar-refractivity contribution in [3.05, 3.63) is 29.6 Å². The lowest BCUT2D eigenvalue weighted by molar-refractivity contribution is -0.150. The number of nitriles is 1. The van der Waals surface area contributed by atoms with Crippen LogP contribution in [0.25, 0.3) is 0 Å². The van der Waals surface area contributed by atoms with Gasteiger partial charge in [0, 0.05) is 12.1 Å². The summed E-state index contributed by atoms with van der Waals surface area (Å²) in [6.45, 7) is 0. The molecule has 1 saturated carbocycles. The Labute approximate surface area is 121 Å². The number of amides is 1. The Kier molecular flexibility index (Phi) is 4.22. The largest absolute Gasteiger partial charge is 0.481 e. The third-order valence-corrected chi connectivity index (χ3v) is 3.88. The van der Waals surface area contributed by atoms with Crippen LogP contribution in [-0.4, -0.2) is 17.0 Å². The number of nitrogens with one attached hydrogen (secondary N) is 1. The van der Waals surface area contributed by atoms with E-state index in [4.69, 9.17) is 5.26 Å². The van der Waals surface area contributed by atoms with E-state index in [9.17, 15) is 19.1 Å². The lowest BCUT2D eigenvalue weighted by atomic mass is 9.82. The number of rotatable bonds is 4. The highest BCUT2D eigenvalue weighted by atomic mass is 19.1. The van der Waals surface area contributed by atoms with Gasteiger partial charge < -0.3 is 10.4 Å². The number of hydrogen-bond donors (Lipinski definition) is 2. The minimum atomic E-state index is -0.998. The standard InChI is InChI=1S/C15H15FN2O3/c16-12-4-3-11(7-10(12)9-17)18-13(19)8-15(14(20)21)5-1-2-6-15/h3-4,7H,1-2,5-6,8H2,(H,18,19)(H,20,21). The molecule has 0 radical (unpaired) electrons. The number of carboxylic acids is 1. The van der Waals surface area contributed by atoms with Crippen LogP contribution >= 0.6 is 0 Å². The predicted octanol–water partition coefficient (Wildman–Crippen LogP) is 2.67. The number of benzene rings is 1. The van der Waals surface area contributed by atoms with E-state index in [0.29, 0.717) is 12.8 Å². The van der Waals surface area contributed by atoms with Gasteiger partial charge in [-0.2, -0.15) is 5.26 Å². The van der Waals surface area contributed by atoms with Crippen molar-refractivity contribution in [2.75, 3.05) is 5.32 Å². The van der Waals surface area contributed by atoms with Crippen LogP contribution in [0.3, 0.4) is 0 Å². The topological polar surface area (TPSA) is 90.2 Å². The summed E-state index contributed by atoms with van der Waals surface area (Å²) in [5, 5.41) is 20.6. The monoisotopic (exact) mass is 290 g/mol. The Balaban J connectivity index is 2.08. The highest BCUT2D eigenvalue weighted by Gasteiger charge is 2.42. The molecule has 2 N–H and O–H groups in total. The fraction of sp³-hybridized carbons (Fsp3) is 0.400. The summed E-state index contributed by atoms with van der Waals surface area (Å²) in [6.07, 6.45) is 2.47. The van der Waals surface area contributed by atoms with E-state index in [1.165, 1.54) is 12.1 Å². The molecule has 21 heavy (non-hydrogen) atoms. The first-order valence-corrected chi connectivity index (χ1v) is 6.70. The zero-order chi connectivity index (χ0) is 15.5. The Bertz CT molecular complexity index is 616. The number of carbonyl (C=O) groups is 2. The molecule has 0 saturated heterocycles. The molecule has 110 valence electrons. The third-order valence-electron chi connectivity index (χ3n) is 3.88. The smallest absolute Gasteiger partial charge is 0.310 e. The number of anilines is 1. The number of hydrogen-bond acceptors (Lipinski definition) is 3. The first kappa shape index (κ1) is 15.0. The van der Waals surface area contributed by atoms with Crippen LogP contribution < -0.4 is 5.32 Å². The molecule has 0 bridgehead atoms. The quantitative estimate of drug-likeness (QED) is 0.892. The van der Waals surface area contributed by atoms with Crippen molar-refractivity contribution in [1.82, 2.24) is 0 Å². The average molecular weight is 290 g/mol. The molecule has 0 aliphatic heterocycles. The molecule has 5 nitrogen and oxygen atoms in total. The van der Waals surface area contributed by atoms with Crippen molar-refractivity contribution in [2.24, 2.45) is 5.41 Å². The highest BCUT2D eigenvalue weighted by molar-refractivity contribution is 5.94. The number of nitrogens with zero attached hydrogens (tertiary/aromatic N) is 1. The second-order valence-electron chi connectivity index (χ2n) is 5.32. The maximum absolute atomic E-state index is 13.2. The molecule has 0 aromatic heterocycles. The Morgan fingerprint density at radius 1 is 1.38 bits per heavy atom. The normalized spacial score (nSPS) is 16.2. The van der Waals surface area contributed by atoms with Gasteiger partial charge in [-0.3, -0.25) is 9.59 Å². The molecule has 1 fully saturated rings. The molecule has 1 aromatic rings. The van der Waals surface area contributed by atoms with E-state index in [1.54, 1.807) is 6.07 Å². The molecule has 0 unspecified atom stereocenters. The van der Waals surface area contributed by atoms with E-state index >= 15 is 0 Å². The molecular formula is C15H15FN2O3. The maximum Gasteiger partial charge on any atom is 0.310 e. The first-order valence-electron chi connectivity index (χ1n) is 6.70. The molecule has 0 heterocycles. The minimum Gasteiger partial charge on any atom is -0.481 e. The van der Waals surface area contributed by atoms with Crippen molar-refractivity contribution in [2.45, 2.75) is 32.1 Å². The van der Waals surface area contributed by atoms with Gasteiger partial charge in [-0.25, -0.2) is 4.39 Å². The molecule has 2 rings (SSSR count). The van der Waals surface area contributed by atoms with E-state index in [0.717, 1.165) is 18.9 Å². The molecule has 1 amide bonds. The zero-order valence-corrected chi connectivity index (χ0v) is 11.4. The molecule has 1 aliphatic rings. The van der Waals surface area contributed by atoms with Crippen LogP contribution in [0.1, 0.15) is 37.7 Å². The minimum absolute atomic E-state index is 0.110. The summed E-state index contributed by atoms with van der Waals surface area (Å²) < 4.78 is 13.2. The van der Waals surface area contributed by atoms with Gasteiger partial charge >= 0.3 is 5.97 Å². The molecule has 6 heteroatoms. The second-order valence-corrected chi connectivity index (χ2v) is 5.32. The summed E-state index contributed by atoms with van der Waals surface area (Å²) in [4.78, 5) is 23.4. The maximum atomic E-state index is 13.2. The SMILES string of the molecule is N#Cc1cc(NC(=O)CC2(C(=O)O)CCCC2)ccc1F. The third kappa shape index (κ3) is 3.19. The van der Waals surface area contributed by atoms with Crippen molar-refractivity contribution >= 4 is 17.6 Å². The van der Waals surface area contributed by atoms with Gasteiger partial charge in [0.05, 0.1) is 11.0 Å². The van der Waals surface area contributed by atoms with Crippen LogP contribution in [0.5, 0.6) is 0 Å². The molecule has 1 aromatic carbocycles. The van der Waals surface area contributed by atoms with Crippen LogP contribution in [-0.2, 0) is 9.59 Å². The van der Waals surface area contributed by atoms with Crippen LogP contribution in [0.15, 0.2) is 18.2 Å². The fourth-order valence-corrected chi connectivity index (χ4v) is 2.72. The van der Waals surface area contributed by atoms with Gasteiger partial charge in [-0.15, -0.1) is 0 Å². The molecular weight excluding hydrogens is 275 g/mol. The van der Waals surface area contributed by atoms with Crippen LogP contribution in [0.4, 0.5) is 10.1 Å². The number of aliphatic carboxylic acids is 1. The molecule has 0 spiro atoms. The molecule has 1 aliphatic carbocycles. The van der Waals surface area contributed by atoms with Gasteiger partial charge in [0.15, 0.2) is 0 Å². The fourth-order valence-electron chi connectivity index (χ4n) is 2.72. The van der Waals surface area contributed by atoms with Gasteiger partial charge in [0.25, 0.3) is 0 Å². The average Bonchev–Trinajstić information content (AvgIpc) is 2.90. The van der Waals surface area contributed by atoms with Crippen molar-refractivity contribution in [3.8, 4) is 6.07 Å². The van der Waals surface area contributed by atoms with Crippen molar-refractivity contribution in [3.63, 3.8) is 0 Å². The highest BCUT2D eigenvalue weighted by Crippen LogP contribution is 2.41. The van der Waals surface area contributed by atoms with E-state index < -0.39 is 23.1 Å². The van der Waals surface area contributed by atoms with Gasteiger partial charge in [0.1, 0.15) is 11.9 Å². The van der Waals surface area contributed by atoms with Crippen LogP contribution in [0.2, 0.25) is 0 Å².